The molecule has 1 fully saturated rings. The highest BCUT2D eigenvalue weighted by atomic mass is 16.6. The van der Waals surface area contributed by atoms with Crippen LogP contribution in [0.4, 0.5) is 0 Å². The topological polar surface area (TPSA) is 125 Å². The summed E-state index contributed by atoms with van der Waals surface area (Å²) in [4.78, 5) is 13.5. The lowest BCUT2D eigenvalue weighted by molar-refractivity contribution is -0.161. The fraction of sp³-hybridized carbons (Fsp3) is 0.889. The minimum Gasteiger partial charge on any atom is -0.459 e. The van der Waals surface area contributed by atoms with E-state index in [2.05, 4.69) is 10.0 Å². The van der Waals surface area contributed by atoms with Crippen LogP contribution in [0.1, 0.15) is 13.8 Å². The van der Waals surface area contributed by atoms with Crippen molar-refractivity contribution in [2.24, 2.45) is 11.0 Å². The largest absolute Gasteiger partial charge is 0.459 e. The Kier molecular flexibility index (Phi) is 4.71. The summed E-state index contributed by atoms with van der Waals surface area (Å²) in [5.41, 5.74) is 8.40. The van der Waals surface area contributed by atoms with E-state index in [1.807, 2.05) is 0 Å². The molecule has 1 saturated heterocycles. The molecule has 1 aliphatic rings. The minimum absolute atomic E-state index is 0.0809. The Morgan fingerprint density at radius 1 is 1.59 bits per heavy atom. The highest BCUT2D eigenvalue weighted by Gasteiger charge is 2.41. The van der Waals surface area contributed by atoms with E-state index in [9.17, 15) is 15.0 Å². The number of azide groups is 1. The van der Waals surface area contributed by atoms with Crippen molar-refractivity contribution < 1.29 is 24.5 Å². The third-order valence-electron chi connectivity index (χ3n) is 2.57. The van der Waals surface area contributed by atoms with Crippen molar-refractivity contribution in [1.29, 1.82) is 0 Å². The van der Waals surface area contributed by atoms with Gasteiger partial charge in [-0.3, -0.25) is 4.79 Å². The zero-order valence-corrected chi connectivity index (χ0v) is 9.55. The Bertz CT molecular complexity index is 331. The smallest absolute Gasteiger partial charge is 0.303 e. The summed E-state index contributed by atoms with van der Waals surface area (Å²) >= 11 is 0. The standard InChI is InChI=1S/C9H15N3O5/c1-4-3-16-9(15)6(11-12-10)8(7(4)14)17-5(2)13/h4,6-9,14-15H,3H2,1-2H3/t4-,6+,7-,8?,9?/m1/s1. The average molecular weight is 245 g/mol. The molecule has 17 heavy (non-hydrogen) atoms. The maximum atomic E-state index is 10.9. The normalized spacial score (nSPS) is 37.8. The number of aliphatic hydroxyl groups excluding tert-OH is 2. The number of aliphatic hydroxyl groups is 2. The van der Waals surface area contributed by atoms with Gasteiger partial charge in [-0.05, 0) is 5.53 Å². The molecular weight excluding hydrogens is 230 g/mol. The second-order valence-corrected chi connectivity index (χ2v) is 3.96. The third kappa shape index (κ3) is 3.31. The number of carbonyl (C=O) groups excluding carboxylic acids is 1. The van der Waals surface area contributed by atoms with E-state index >= 15 is 0 Å². The summed E-state index contributed by atoms with van der Waals surface area (Å²) in [7, 11) is 0. The van der Waals surface area contributed by atoms with E-state index in [0.29, 0.717) is 0 Å². The van der Waals surface area contributed by atoms with Gasteiger partial charge in [0.15, 0.2) is 6.29 Å². The second-order valence-electron chi connectivity index (χ2n) is 3.96. The summed E-state index contributed by atoms with van der Waals surface area (Å²) < 4.78 is 9.90. The molecule has 0 aromatic rings. The molecule has 8 nitrogen and oxygen atoms in total. The molecule has 0 bridgehead atoms. The molecule has 0 amide bonds. The Labute approximate surface area is 97.8 Å². The van der Waals surface area contributed by atoms with Crippen LogP contribution in [-0.4, -0.2) is 47.3 Å². The first-order chi connectivity index (χ1) is 7.97. The number of carbonyl (C=O) groups is 1. The highest BCUT2D eigenvalue weighted by molar-refractivity contribution is 5.66. The van der Waals surface area contributed by atoms with Gasteiger partial charge in [0.1, 0.15) is 12.1 Å². The molecule has 0 aromatic carbocycles. The van der Waals surface area contributed by atoms with Gasteiger partial charge in [0, 0.05) is 17.8 Å². The third-order valence-corrected chi connectivity index (χ3v) is 2.57. The predicted molar refractivity (Wildman–Crippen MR) is 55.6 cm³/mol. The maximum absolute atomic E-state index is 10.9. The maximum Gasteiger partial charge on any atom is 0.303 e. The van der Waals surface area contributed by atoms with Gasteiger partial charge in [0.25, 0.3) is 0 Å². The van der Waals surface area contributed by atoms with Gasteiger partial charge in [0.05, 0.1) is 12.7 Å². The number of rotatable bonds is 2. The first-order valence-corrected chi connectivity index (χ1v) is 5.16. The number of esters is 1. The van der Waals surface area contributed by atoms with E-state index in [-0.39, 0.29) is 12.5 Å². The summed E-state index contributed by atoms with van der Waals surface area (Å²) in [6.07, 6.45) is -3.59. The molecule has 96 valence electrons. The average Bonchev–Trinajstić information content (AvgIpc) is 2.35. The summed E-state index contributed by atoms with van der Waals surface area (Å²) in [6, 6.07) is -1.16. The Morgan fingerprint density at radius 2 is 2.24 bits per heavy atom. The Hall–Kier alpha value is -1.34. The van der Waals surface area contributed by atoms with Gasteiger partial charge >= 0.3 is 5.97 Å². The SMILES string of the molecule is CC(=O)OC1[C@H](N=[N+]=[N-])C(O)OC[C@@H](C)[C@H]1O. The molecule has 0 spiro atoms. The van der Waals surface area contributed by atoms with Crippen LogP contribution in [0.5, 0.6) is 0 Å². The molecule has 0 saturated carbocycles. The molecular formula is C9H15N3O5. The van der Waals surface area contributed by atoms with Gasteiger partial charge < -0.3 is 19.7 Å². The monoisotopic (exact) mass is 245 g/mol. The van der Waals surface area contributed by atoms with E-state index < -0.39 is 30.5 Å². The predicted octanol–water partition coefficient (Wildman–Crippen LogP) is -0.0574. The van der Waals surface area contributed by atoms with Crippen molar-refractivity contribution in [2.75, 3.05) is 6.61 Å². The molecule has 1 heterocycles. The molecule has 0 radical (unpaired) electrons. The number of hydrogen-bond donors (Lipinski definition) is 2. The lowest BCUT2D eigenvalue weighted by atomic mass is 9.97. The zero-order valence-electron chi connectivity index (χ0n) is 9.55. The van der Waals surface area contributed by atoms with Gasteiger partial charge in [0.2, 0.25) is 0 Å². The highest BCUT2D eigenvalue weighted by Crippen LogP contribution is 2.24. The quantitative estimate of drug-likeness (QED) is 0.305. The van der Waals surface area contributed by atoms with Crippen molar-refractivity contribution in [3.05, 3.63) is 10.4 Å². The molecule has 2 unspecified atom stereocenters. The summed E-state index contributed by atoms with van der Waals surface area (Å²) in [5, 5.41) is 22.9. The fourth-order valence-electron chi connectivity index (χ4n) is 1.65. The summed E-state index contributed by atoms with van der Waals surface area (Å²) in [5.74, 6) is -0.985. The summed E-state index contributed by atoms with van der Waals surface area (Å²) in [6.45, 7) is 2.92. The van der Waals surface area contributed by atoms with Gasteiger partial charge in [-0.25, -0.2) is 0 Å². The zero-order chi connectivity index (χ0) is 13.0. The Morgan fingerprint density at radius 3 is 2.76 bits per heavy atom. The number of hydrogen-bond acceptors (Lipinski definition) is 6. The first-order valence-electron chi connectivity index (χ1n) is 5.16. The van der Waals surface area contributed by atoms with Crippen LogP contribution in [0.15, 0.2) is 5.11 Å². The van der Waals surface area contributed by atoms with Crippen LogP contribution in [-0.2, 0) is 14.3 Å². The number of nitrogens with zero attached hydrogens (tertiary/aromatic N) is 3. The van der Waals surface area contributed by atoms with Crippen molar-refractivity contribution in [3.63, 3.8) is 0 Å². The van der Waals surface area contributed by atoms with Crippen LogP contribution in [0.3, 0.4) is 0 Å². The molecule has 0 aromatic heterocycles. The van der Waals surface area contributed by atoms with Crippen LogP contribution in [0.2, 0.25) is 0 Å². The van der Waals surface area contributed by atoms with Crippen molar-refractivity contribution >= 4 is 5.97 Å². The second kappa shape index (κ2) is 5.83. The van der Waals surface area contributed by atoms with Crippen LogP contribution in [0.25, 0.3) is 10.4 Å². The van der Waals surface area contributed by atoms with Crippen molar-refractivity contribution in [3.8, 4) is 0 Å². The van der Waals surface area contributed by atoms with Crippen molar-refractivity contribution in [2.45, 2.75) is 38.4 Å². The molecule has 1 rings (SSSR count). The van der Waals surface area contributed by atoms with Gasteiger partial charge in [-0.15, -0.1) is 0 Å². The van der Waals surface area contributed by atoms with E-state index in [4.69, 9.17) is 15.0 Å². The molecule has 8 heteroatoms. The van der Waals surface area contributed by atoms with Gasteiger partial charge in [-0.1, -0.05) is 12.0 Å². The fourth-order valence-corrected chi connectivity index (χ4v) is 1.65. The molecule has 0 aliphatic carbocycles. The lowest BCUT2D eigenvalue weighted by Gasteiger charge is -2.27. The molecule has 1 aliphatic heterocycles. The van der Waals surface area contributed by atoms with Crippen LogP contribution < -0.4 is 0 Å². The van der Waals surface area contributed by atoms with Crippen LogP contribution in [0, 0.1) is 5.92 Å². The minimum atomic E-state index is -1.41. The Balaban J connectivity index is 2.99. The van der Waals surface area contributed by atoms with Crippen molar-refractivity contribution in [1.82, 2.24) is 0 Å². The van der Waals surface area contributed by atoms with E-state index in [0.717, 1.165) is 0 Å². The van der Waals surface area contributed by atoms with E-state index in [1.165, 1.54) is 6.92 Å². The first kappa shape index (κ1) is 13.7. The lowest BCUT2D eigenvalue weighted by Crippen LogP contribution is -2.45. The molecule has 2 N–H and O–H groups in total. The van der Waals surface area contributed by atoms with Gasteiger partial charge in [-0.2, -0.15) is 0 Å². The number of ether oxygens (including phenoxy) is 2. The van der Waals surface area contributed by atoms with E-state index in [1.54, 1.807) is 6.92 Å². The molecule has 5 atom stereocenters. The van der Waals surface area contributed by atoms with Crippen LogP contribution >= 0.6 is 0 Å².